The second-order valence-corrected chi connectivity index (χ2v) is 33.4. The molecule has 0 radical (unpaired) electrons. The monoisotopic (exact) mass is 1690 g/mol. The molecule has 6 fully saturated rings. The predicted octanol–water partition coefficient (Wildman–Crippen LogP) is 13.6. The summed E-state index contributed by atoms with van der Waals surface area (Å²) in [6, 6.07) is 34.4. The Labute approximate surface area is 712 Å². The quantitative estimate of drug-likeness (QED) is 0.0278. The van der Waals surface area contributed by atoms with Crippen LogP contribution in [-0.4, -0.2) is 182 Å². The number of esters is 2. The molecule has 30 nitrogen and oxygen atoms in total. The zero-order valence-electron chi connectivity index (χ0n) is 70.2. The van der Waals surface area contributed by atoms with E-state index in [9.17, 15) is 47.9 Å². The van der Waals surface area contributed by atoms with Crippen molar-refractivity contribution in [1.29, 1.82) is 0 Å². The maximum Gasteiger partial charge on any atom is 0.306 e. The summed E-state index contributed by atoms with van der Waals surface area (Å²) in [5, 5.41) is 18.8. The first-order valence-corrected chi connectivity index (χ1v) is 42.2. The number of nitrogens with zero attached hydrogens (tertiary/aromatic N) is 4. The molecule has 4 N–H and O–H groups in total. The molecule has 0 aliphatic carbocycles. The normalized spacial score (nSPS) is 18.7. The number of nitrogens with one attached hydrogen (secondary N) is 4. The first-order valence-electron chi connectivity index (χ1n) is 42.2. The number of carbonyl (C=O) groups is 10. The van der Waals surface area contributed by atoms with Crippen LogP contribution in [0.2, 0.25) is 0 Å². The number of ether oxygens (including phenoxy) is 8. The number of benzene rings is 6. The molecule has 30 heteroatoms. The summed E-state index contributed by atoms with van der Waals surface area (Å²) in [4.78, 5) is 133. The molecule has 0 saturated carbocycles. The third kappa shape index (κ3) is 20.7. The second-order valence-electron chi connectivity index (χ2n) is 33.4. The van der Waals surface area contributed by atoms with Crippen molar-refractivity contribution in [3.8, 4) is 23.3 Å². The first-order chi connectivity index (χ1) is 59.8. The Morgan fingerprint density at radius 2 is 0.694 bits per heavy atom. The summed E-state index contributed by atoms with van der Waals surface area (Å²) < 4.78 is 68.0. The van der Waals surface area contributed by atoms with Crippen molar-refractivity contribution in [1.82, 2.24) is 41.0 Å². The van der Waals surface area contributed by atoms with Crippen molar-refractivity contribution in [3.05, 3.63) is 157 Å². The number of imide groups is 4. The smallest absolute Gasteiger partial charge is 0.306 e. The number of rotatable bonds is 22. The Morgan fingerprint density at radius 1 is 0.379 bits per heavy atom. The lowest BCUT2D eigenvalue weighted by Gasteiger charge is -2.26. The number of furan rings is 4. The molecule has 8 amide bonds. The van der Waals surface area contributed by atoms with Gasteiger partial charge in [-0.15, -0.1) is 0 Å². The fourth-order valence-electron chi connectivity index (χ4n) is 16.5. The Balaban J connectivity index is 0.000000128. The van der Waals surface area contributed by atoms with Crippen molar-refractivity contribution < 1.29 is 104 Å². The van der Waals surface area contributed by atoms with Gasteiger partial charge in [0.25, 0.3) is 0 Å². The summed E-state index contributed by atoms with van der Waals surface area (Å²) in [6.45, 7) is 21.4. The Morgan fingerprint density at radius 3 is 1.02 bits per heavy atom. The average Bonchev–Trinajstić information content (AvgIpc) is 1.58. The van der Waals surface area contributed by atoms with Gasteiger partial charge in [-0.1, -0.05) is 24.3 Å². The van der Waals surface area contributed by atoms with Crippen molar-refractivity contribution in [3.63, 3.8) is 0 Å². The molecule has 6 saturated heterocycles. The highest BCUT2D eigenvalue weighted by Crippen LogP contribution is 2.44. The lowest BCUT2D eigenvalue weighted by Crippen LogP contribution is -2.39. The summed E-state index contributed by atoms with van der Waals surface area (Å²) in [6.07, 6.45) is 11.2. The standard InChI is InChI=1S/2C24H26N2O6.2C23H24N2O5/c2*1-24(2,3)32-21(28)5-4-12-30-20-11-7-15-17(25-20)8-9-18-22(15)16(13-31-18)14-6-10-19(27)26-23(14)29;2*26-21-7-5-17(23(27)24-21)18-14-30-20-6-4-15-16(22(18)20)2-1-3-19(15)29-13-10-25-8-11-28-12-9-25/h2*7-9,11,13-14H,4-6,10,12H2,1-3H3,(H,26,27,29);2*1-4,6,14,17H,5,7-13H2,(H,24,26,27)/t2*14-;2*17-/m1010/s1. The minimum atomic E-state index is -0.497. The van der Waals surface area contributed by atoms with Crippen molar-refractivity contribution >= 4 is 146 Å². The molecule has 18 rings (SSSR count). The third-order valence-electron chi connectivity index (χ3n) is 22.4. The largest absolute Gasteiger partial charge is 0.492 e. The van der Waals surface area contributed by atoms with E-state index in [1.807, 2.05) is 139 Å². The molecule has 6 aliphatic rings. The molecule has 0 bridgehead atoms. The zero-order valence-corrected chi connectivity index (χ0v) is 70.2. The van der Waals surface area contributed by atoms with Gasteiger partial charge in [-0.05, 0) is 164 Å². The van der Waals surface area contributed by atoms with Gasteiger partial charge in [-0.3, -0.25) is 79.0 Å². The number of hydrogen-bond donors (Lipinski definition) is 4. The van der Waals surface area contributed by atoms with Crippen LogP contribution in [0.1, 0.15) is 165 Å². The molecule has 0 spiro atoms. The summed E-state index contributed by atoms with van der Waals surface area (Å²) in [5.74, 6) is -1.70. The van der Waals surface area contributed by atoms with Gasteiger partial charge in [0.05, 0.1) is 99.4 Å². The fourth-order valence-corrected chi connectivity index (χ4v) is 16.5. The number of morpholine rings is 2. The molecule has 124 heavy (non-hydrogen) atoms. The van der Waals surface area contributed by atoms with Crippen LogP contribution in [0.5, 0.6) is 23.3 Å². The number of fused-ring (bicyclic) bond motifs is 12. The predicted molar refractivity (Wildman–Crippen MR) is 458 cm³/mol. The molecule has 6 aromatic heterocycles. The zero-order chi connectivity index (χ0) is 86.8. The van der Waals surface area contributed by atoms with E-state index in [1.54, 1.807) is 37.2 Å². The Hall–Kier alpha value is -12.6. The number of carbonyl (C=O) groups excluding carboxylic acids is 10. The van der Waals surface area contributed by atoms with Crippen molar-refractivity contribution in [2.24, 2.45) is 0 Å². The molecule has 6 aromatic carbocycles. The first kappa shape index (κ1) is 86.3. The minimum Gasteiger partial charge on any atom is -0.492 e. The van der Waals surface area contributed by atoms with Crippen LogP contribution in [0.25, 0.3) is 87.2 Å². The van der Waals surface area contributed by atoms with Crippen LogP contribution < -0.4 is 40.2 Å². The van der Waals surface area contributed by atoms with Gasteiger partial charge in [0.2, 0.25) is 59.0 Å². The van der Waals surface area contributed by atoms with Gasteiger partial charge in [-0.25, -0.2) is 9.97 Å². The molecular formula is C94H100N8O22. The fraction of sp³-hybridized carbons (Fsp3) is 0.404. The maximum atomic E-state index is 12.4. The topological polar surface area (TPSA) is 377 Å². The lowest BCUT2D eigenvalue weighted by atomic mass is 9.89. The van der Waals surface area contributed by atoms with Gasteiger partial charge in [0.1, 0.15) is 58.2 Å². The summed E-state index contributed by atoms with van der Waals surface area (Å²) in [5.41, 5.74) is 6.35. The van der Waals surface area contributed by atoms with Crippen molar-refractivity contribution in [2.45, 2.75) is 153 Å². The third-order valence-corrected chi connectivity index (χ3v) is 22.4. The second kappa shape index (κ2) is 38.4. The van der Waals surface area contributed by atoms with Crippen LogP contribution in [0.15, 0.2) is 152 Å². The minimum absolute atomic E-state index is 0.218. The van der Waals surface area contributed by atoms with Crippen LogP contribution in [0.4, 0.5) is 0 Å². The highest BCUT2D eigenvalue weighted by Gasteiger charge is 2.36. The van der Waals surface area contributed by atoms with E-state index in [0.29, 0.717) is 125 Å². The molecule has 648 valence electrons. The van der Waals surface area contributed by atoms with E-state index in [-0.39, 0.29) is 83.9 Å². The van der Waals surface area contributed by atoms with Gasteiger partial charge in [0.15, 0.2) is 0 Å². The van der Waals surface area contributed by atoms with Crippen LogP contribution in [0.3, 0.4) is 0 Å². The Bertz CT molecular complexity index is 5670. The van der Waals surface area contributed by atoms with Gasteiger partial charge in [0, 0.05) is 155 Å². The molecule has 6 aliphatic heterocycles. The number of hydrogen-bond acceptors (Lipinski definition) is 26. The van der Waals surface area contributed by atoms with E-state index in [1.165, 1.54) is 0 Å². The SMILES string of the molecule is CC(C)(C)OC(=O)CCCOc1ccc2c(ccc3occ([C@@H]4CCC(=O)NC4=O)c32)n1.CC(C)(C)OC(=O)CCCOc1ccc2c(ccc3occ([C@H]4CCC(=O)NC4=O)c32)n1.O=C1CC[C@@H](c2coc3ccc4c(OCCN5CCOCC5)cccc4c23)C(=O)N1.O=C1CC[C@H](c2coc3ccc4c(OCCN5CCOCC5)cccc4c23)C(=O)N1. The van der Waals surface area contributed by atoms with E-state index in [2.05, 4.69) is 41.0 Å². The van der Waals surface area contributed by atoms with Gasteiger partial charge in [-0.2, -0.15) is 0 Å². The van der Waals surface area contributed by atoms with Crippen LogP contribution >= 0.6 is 0 Å². The van der Waals surface area contributed by atoms with Crippen LogP contribution in [0, 0.1) is 0 Å². The molecule has 4 atom stereocenters. The highest BCUT2D eigenvalue weighted by molar-refractivity contribution is 6.15. The number of piperidine rings is 4. The van der Waals surface area contributed by atoms with E-state index in [0.717, 1.165) is 164 Å². The van der Waals surface area contributed by atoms with E-state index in [4.69, 9.17) is 55.6 Å². The lowest BCUT2D eigenvalue weighted by molar-refractivity contribution is -0.156. The number of amides is 8. The summed E-state index contributed by atoms with van der Waals surface area (Å²) >= 11 is 0. The number of aromatic nitrogens is 2. The van der Waals surface area contributed by atoms with E-state index >= 15 is 0 Å². The van der Waals surface area contributed by atoms with Gasteiger partial charge >= 0.3 is 11.9 Å². The van der Waals surface area contributed by atoms with E-state index < -0.39 is 23.0 Å². The molecule has 12 aromatic rings. The molecule has 12 heterocycles. The van der Waals surface area contributed by atoms with Crippen molar-refractivity contribution in [2.75, 3.05) is 92.1 Å². The average molecular weight is 1690 g/mol. The maximum absolute atomic E-state index is 12.4. The number of pyridine rings is 2. The molecular weight excluding hydrogens is 1590 g/mol. The van der Waals surface area contributed by atoms with Gasteiger partial charge < -0.3 is 55.6 Å². The summed E-state index contributed by atoms with van der Waals surface area (Å²) in [7, 11) is 0. The highest BCUT2D eigenvalue weighted by atomic mass is 16.6. The van der Waals surface area contributed by atoms with Crippen LogP contribution in [-0.2, 0) is 66.9 Å². The Kier molecular flexibility index (Phi) is 26.7. The molecule has 0 unspecified atom stereocenters.